The monoisotopic (exact) mass is 300 g/mol. The standard InChI is InChI=1S/C13H20N2O4S/c1-4-9-14-13(16)10-15(2)20(17,18)12-7-5-11(19-3)6-8-12/h5-8H,4,9-10H2,1-3H3,(H,14,16). The average Bonchev–Trinajstić information content (AvgIpc) is 2.45. The fourth-order valence-electron chi connectivity index (χ4n) is 1.54. The van der Waals surface area contributed by atoms with Crippen molar-refractivity contribution in [3.05, 3.63) is 24.3 Å². The normalized spacial score (nSPS) is 11.4. The Kier molecular flexibility index (Phi) is 5.97. The van der Waals surface area contributed by atoms with Gasteiger partial charge in [0.15, 0.2) is 0 Å². The van der Waals surface area contributed by atoms with Crippen LogP contribution in [0.5, 0.6) is 5.75 Å². The molecule has 0 aromatic heterocycles. The summed E-state index contributed by atoms with van der Waals surface area (Å²) in [4.78, 5) is 11.7. The molecule has 0 spiro atoms. The molecule has 0 unspecified atom stereocenters. The van der Waals surface area contributed by atoms with Gasteiger partial charge in [0.25, 0.3) is 0 Å². The minimum Gasteiger partial charge on any atom is -0.497 e. The molecule has 1 rings (SSSR count). The molecule has 0 bridgehead atoms. The molecule has 1 aromatic rings. The number of carbonyl (C=O) groups excluding carboxylic acids is 1. The molecule has 0 aliphatic heterocycles. The van der Waals surface area contributed by atoms with Crippen LogP contribution in [-0.4, -0.2) is 45.9 Å². The van der Waals surface area contributed by atoms with Gasteiger partial charge in [0.1, 0.15) is 5.75 Å². The molecule has 1 amide bonds. The Morgan fingerprint density at radius 3 is 2.40 bits per heavy atom. The fourth-order valence-corrected chi connectivity index (χ4v) is 2.66. The SMILES string of the molecule is CCCNC(=O)CN(C)S(=O)(=O)c1ccc(OC)cc1. The molecule has 0 radical (unpaired) electrons. The van der Waals surface area contributed by atoms with Gasteiger partial charge in [0.2, 0.25) is 15.9 Å². The number of carbonyl (C=O) groups is 1. The van der Waals surface area contributed by atoms with Crippen LogP contribution in [0.4, 0.5) is 0 Å². The first-order valence-corrected chi connectivity index (χ1v) is 7.73. The van der Waals surface area contributed by atoms with Crippen LogP contribution in [-0.2, 0) is 14.8 Å². The van der Waals surface area contributed by atoms with E-state index in [1.165, 1.54) is 26.3 Å². The summed E-state index contributed by atoms with van der Waals surface area (Å²) in [6.45, 7) is 2.27. The van der Waals surface area contributed by atoms with E-state index in [1.807, 2.05) is 6.92 Å². The quantitative estimate of drug-likeness (QED) is 0.809. The zero-order valence-electron chi connectivity index (χ0n) is 11.9. The number of sulfonamides is 1. The zero-order valence-corrected chi connectivity index (χ0v) is 12.7. The molecule has 6 nitrogen and oxygen atoms in total. The van der Waals surface area contributed by atoms with Gasteiger partial charge >= 0.3 is 0 Å². The molecule has 0 atom stereocenters. The van der Waals surface area contributed by atoms with E-state index in [9.17, 15) is 13.2 Å². The molecule has 1 N–H and O–H groups in total. The van der Waals surface area contributed by atoms with Crippen molar-refractivity contribution < 1.29 is 17.9 Å². The number of hydrogen-bond donors (Lipinski definition) is 1. The molecule has 0 saturated heterocycles. The highest BCUT2D eigenvalue weighted by atomic mass is 32.2. The fraction of sp³-hybridized carbons (Fsp3) is 0.462. The van der Waals surface area contributed by atoms with Gasteiger partial charge in [-0.25, -0.2) is 8.42 Å². The Labute approximate surface area is 119 Å². The number of nitrogens with one attached hydrogen (secondary N) is 1. The van der Waals surface area contributed by atoms with Gasteiger partial charge < -0.3 is 10.1 Å². The highest BCUT2D eigenvalue weighted by molar-refractivity contribution is 7.89. The number of nitrogens with zero attached hydrogens (tertiary/aromatic N) is 1. The molecule has 0 aliphatic carbocycles. The van der Waals surface area contributed by atoms with E-state index in [0.717, 1.165) is 10.7 Å². The lowest BCUT2D eigenvalue weighted by Gasteiger charge is -2.17. The molecule has 20 heavy (non-hydrogen) atoms. The average molecular weight is 300 g/mol. The van der Waals surface area contributed by atoms with Crippen LogP contribution in [0.1, 0.15) is 13.3 Å². The minimum atomic E-state index is -3.67. The van der Waals surface area contributed by atoms with E-state index in [0.29, 0.717) is 12.3 Å². The lowest BCUT2D eigenvalue weighted by atomic mass is 10.3. The van der Waals surface area contributed by atoms with Crippen molar-refractivity contribution in [3.8, 4) is 5.75 Å². The Bertz CT molecular complexity index is 540. The zero-order chi connectivity index (χ0) is 15.2. The summed E-state index contributed by atoms with van der Waals surface area (Å²) in [5.74, 6) is 0.263. The number of methoxy groups -OCH3 is 1. The molecule has 7 heteroatoms. The van der Waals surface area contributed by atoms with Gasteiger partial charge in [-0.05, 0) is 30.7 Å². The summed E-state index contributed by atoms with van der Waals surface area (Å²) in [5, 5.41) is 2.64. The van der Waals surface area contributed by atoms with Crippen LogP contribution in [0.25, 0.3) is 0 Å². The van der Waals surface area contributed by atoms with E-state index >= 15 is 0 Å². The Balaban J connectivity index is 2.78. The first-order chi connectivity index (χ1) is 9.41. The van der Waals surface area contributed by atoms with E-state index in [1.54, 1.807) is 12.1 Å². The number of likely N-dealkylation sites (N-methyl/N-ethyl adjacent to an activating group) is 1. The second kappa shape index (κ2) is 7.25. The van der Waals surface area contributed by atoms with Crippen LogP contribution in [0, 0.1) is 0 Å². The van der Waals surface area contributed by atoms with Crippen LogP contribution in [0.2, 0.25) is 0 Å². The number of ether oxygens (including phenoxy) is 1. The largest absolute Gasteiger partial charge is 0.497 e. The van der Waals surface area contributed by atoms with Crippen LogP contribution >= 0.6 is 0 Å². The maximum absolute atomic E-state index is 12.2. The number of hydrogen-bond acceptors (Lipinski definition) is 4. The topological polar surface area (TPSA) is 75.7 Å². The molecule has 0 heterocycles. The van der Waals surface area contributed by atoms with Gasteiger partial charge in [0, 0.05) is 13.6 Å². The third-order valence-corrected chi connectivity index (χ3v) is 4.52. The maximum Gasteiger partial charge on any atom is 0.243 e. The van der Waals surface area contributed by atoms with E-state index < -0.39 is 10.0 Å². The van der Waals surface area contributed by atoms with Crippen molar-refractivity contribution in [1.82, 2.24) is 9.62 Å². The van der Waals surface area contributed by atoms with E-state index in [2.05, 4.69) is 5.32 Å². The second-order valence-electron chi connectivity index (χ2n) is 4.29. The van der Waals surface area contributed by atoms with Crippen molar-refractivity contribution >= 4 is 15.9 Å². The van der Waals surface area contributed by atoms with Crippen LogP contribution in [0.15, 0.2) is 29.2 Å². The molecule has 112 valence electrons. The van der Waals surface area contributed by atoms with Gasteiger partial charge in [-0.2, -0.15) is 4.31 Å². The number of amides is 1. The highest BCUT2D eigenvalue weighted by Gasteiger charge is 2.22. The van der Waals surface area contributed by atoms with Crippen molar-refractivity contribution in [2.75, 3.05) is 27.2 Å². The first-order valence-electron chi connectivity index (χ1n) is 6.29. The van der Waals surface area contributed by atoms with Gasteiger partial charge in [-0.1, -0.05) is 6.92 Å². The molecule has 0 saturated carbocycles. The lowest BCUT2D eigenvalue weighted by molar-refractivity contribution is -0.121. The molecule has 0 fully saturated rings. The van der Waals surface area contributed by atoms with Crippen molar-refractivity contribution in [2.45, 2.75) is 18.2 Å². The molecule has 1 aromatic carbocycles. The highest BCUT2D eigenvalue weighted by Crippen LogP contribution is 2.18. The molecular formula is C13H20N2O4S. The lowest BCUT2D eigenvalue weighted by Crippen LogP contribution is -2.38. The number of benzene rings is 1. The smallest absolute Gasteiger partial charge is 0.243 e. The summed E-state index contributed by atoms with van der Waals surface area (Å²) in [6.07, 6.45) is 0.806. The van der Waals surface area contributed by atoms with Crippen molar-refractivity contribution in [1.29, 1.82) is 0 Å². The number of rotatable bonds is 7. The minimum absolute atomic E-state index is 0.129. The van der Waals surface area contributed by atoms with Crippen molar-refractivity contribution in [3.63, 3.8) is 0 Å². The first kappa shape index (κ1) is 16.5. The second-order valence-corrected chi connectivity index (χ2v) is 6.33. The third-order valence-electron chi connectivity index (χ3n) is 2.71. The predicted octanol–water partition coefficient (Wildman–Crippen LogP) is 0.842. The van der Waals surface area contributed by atoms with Gasteiger partial charge in [0.05, 0.1) is 18.6 Å². The van der Waals surface area contributed by atoms with E-state index in [-0.39, 0.29) is 17.3 Å². The summed E-state index contributed by atoms with van der Waals surface area (Å²) >= 11 is 0. The van der Waals surface area contributed by atoms with E-state index in [4.69, 9.17) is 4.74 Å². The summed E-state index contributed by atoms with van der Waals surface area (Å²) in [5.41, 5.74) is 0. The molecular weight excluding hydrogens is 280 g/mol. The van der Waals surface area contributed by atoms with Crippen molar-refractivity contribution in [2.24, 2.45) is 0 Å². The third kappa shape index (κ3) is 4.21. The molecule has 0 aliphatic rings. The predicted molar refractivity (Wildman–Crippen MR) is 76.1 cm³/mol. The van der Waals surface area contributed by atoms with Crippen LogP contribution < -0.4 is 10.1 Å². The summed E-state index contributed by atoms with van der Waals surface area (Å²) < 4.78 is 30.5. The summed E-state index contributed by atoms with van der Waals surface area (Å²) in [7, 11) is -0.779. The summed E-state index contributed by atoms with van der Waals surface area (Å²) in [6, 6.07) is 6.04. The Morgan fingerprint density at radius 1 is 1.30 bits per heavy atom. The Morgan fingerprint density at radius 2 is 1.90 bits per heavy atom. The maximum atomic E-state index is 12.2. The van der Waals surface area contributed by atoms with Crippen LogP contribution in [0.3, 0.4) is 0 Å². The van der Waals surface area contributed by atoms with Gasteiger partial charge in [-0.3, -0.25) is 4.79 Å². The van der Waals surface area contributed by atoms with Gasteiger partial charge in [-0.15, -0.1) is 0 Å². The Hall–Kier alpha value is -1.60.